The number of hydrogen-bond acceptors (Lipinski definition) is 4. The Kier molecular flexibility index (Phi) is 4.98. The van der Waals surface area contributed by atoms with Gasteiger partial charge in [0.1, 0.15) is 5.75 Å². The summed E-state index contributed by atoms with van der Waals surface area (Å²) in [4.78, 5) is 16.5. The third-order valence-electron chi connectivity index (χ3n) is 5.31. The second-order valence-electron chi connectivity index (χ2n) is 7.26. The summed E-state index contributed by atoms with van der Waals surface area (Å²) < 4.78 is 6.49. The number of carbonyl (C=O) groups excluding carboxylic acids is 1. The van der Waals surface area contributed by atoms with E-state index in [9.17, 15) is 4.79 Å². The number of nitrogens with zero attached hydrogens (tertiary/aromatic N) is 1. The van der Waals surface area contributed by atoms with E-state index in [1.807, 2.05) is 36.4 Å². The normalized spacial score (nSPS) is 14.7. The molecular weight excluding hydrogens is 418 g/mol. The van der Waals surface area contributed by atoms with Gasteiger partial charge in [-0.2, -0.15) is 0 Å². The maximum Gasteiger partial charge on any atom is 0.252 e. The molecule has 4 rings (SSSR count). The molecular formula is C22H22BrN3O2. The number of primary amides is 1. The van der Waals surface area contributed by atoms with Crippen LogP contribution in [0.25, 0.3) is 22.0 Å². The molecule has 1 aromatic heterocycles. The molecule has 3 aromatic rings. The van der Waals surface area contributed by atoms with E-state index in [2.05, 4.69) is 33.2 Å². The number of ether oxygens (including phenoxy) is 1. The molecule has 1 unspecified atom stereocenters. The minimum Gasteiger partial charge on any atom is -0.496 e. The van der Waals surface area contributed by atoms with Gasteiger partial charge in [-0.15, -0.1) is 0 Å². The Morgan fingerprint density at radius 3 is 2.75 bits per heavy atom. The van der Waals surface area contributed by atoms with E-state index >= 15 is 0 Å². The van der Waals surface area contributed by atoms with Gasteiger partial charge in [-0.25, -0.2) is 0 Å². The van der Waals surface area contributed by atoms with Gasteiger partial charge in [0, 0.05) is 27.7 Å². The summed E-state index contributed by atoms with van der Waals surface area (Å²) in [6, 6.07) is 12.2. The number of aromatic nitrogens is 1. The summed E-state index contributed by atoms with van der Waals surface area (Å²) in [6.07, 6.45) is 4.00. The molecule has 1 aliphatic rings. The first-order chi connectivity index (χ1) is 13.5. The summed E-state index contributed by atoms with van der Waals surface area (Å²) in [7, 11) is 1.66. The molecule has 0 radical (unpaired) electrons. The first-order valence-electron chi connectivity index (χ1n) is 9.31. The number of benzene rings is 2. The van der Waals surface area contributed by atoms with Crippen molar-refractivity contribution in [2.45, 2.75) is 25.8 Å². The van der Waals surface area contributed by atoms with E-state index in [1.165, 1.54) is 12.8 Å². The number of pyridine rings is 1. The molecule has 144 valence electrons. The minimum absolute atomic E-state index is 0.286. The maximum atomic E-state index is 12.0. The van der Waals surface area contributed by atoms with Crippen molar-refractivity contribution in [3.05, 3.63) is 52.6 Å². The van der Waals surface area contributed by atoms with Crippen LogP contribution in [-0.4, -0.2) is 24.0 Å². The highest BCUT2D eigenvalue weighted by Crippen LogP contribution is 2.38. The van der Waals surface area contributed by atoms with Crippen LogP contribution in [0.15, 0.2) is 47.1 Å². The fourth-order valence-corrected chi connectivity index (χ4v) is 3.91. The maximum absolute atomic E-state index is 12.0. The van der Waals surface area contributed by atoms with E-state index in [0.717, 1.165) is 37.9 Å². The van der Waals surface area contributed by atoms with Crippen LogP contribution in [0.1, 0.15) is 30.1 Å². The highest BCUT2D eigenvalue weighted by Gasteiger charge is 2.29. The van der Waals surface area contributed by atoms with Crippen molar-refractivity contribution in [1.29, 1.82) is 0 Å². The average Bonchev–Trinajstić information content (AvgIpc) is 3.52. The summed E-state index contributed by atoms with van der Waals surface area (Å²) in [5.74, 6) is 0.962. The Balaban J connectivity index is 1.84. The van der Waals surface area contributed by atoms with Crippen LogP contribution in [0.5, 0.6) is 5.75 Å². The molecule has 1 heterocycles. The Bertz CT molecular complexity index is 1060. The molecule has 1 amide bonds. The summed E-state index contributed by atoms with van der Waals surface area (Å²) in [5.41, 5.74) is 9.57. The third-order valence-corrected chi connectivity index (χ3v) is 5.80. The highest BCUT2D eigenvalue weighted by atomic mass is 79.9. The van der Waals surface area contributed by atoms with Crippen molar-refractivity contribution in [2.75, 3.05) is 12.4 Å². The van der Waals surface area contributed by atoms with Crippen molar-refractivity contribution in [3.63, 3.8) is 0 Å². The number of hydrogen-bond donors (Lipinski definition) is 2. The van der Waals surface area contributed by atoms with Crippen LogP contribution in [-0.2, 0) is 0 Å². The van der Waals surface area contributed by atoms with Crippen LogP contribution >= 0.6 is 15.9 Å². The van der Waals surface area contributed by atoms with Gasteiger partial charge in [0.15, 0.2) is 0 Å². The van der Waals surface area contributed by atoms with Crippen molar-refractivity contribution in [1.82, 2.24) is 4.98 Å². The lowest BCUT2D eigenvalue weighted by atomic mass is 10.0. The predicted octanol–water partition coefficient (Wildman–Crippen LogP) is 4.98. The number of rotatable bonds is 6. The number of carbonyl (C=O) groups is 1. The monoisotopic (exact) mass is 439 g/mol. The largest absolute Gasteiger partial charge is 0.496 e. The van der Waals surface area contributed by atoms with E-state index in [0.29, 0.717) is 11.5 Å². The number of anilines is 1. The van der Waals surface area contributed by atoms with Gasteiger partial charge in [-0.1, -0.05) is 28.1 Å². The number of methoxy groups -OCH3 is 1. The molecule has 6 heteroatoms. The number of nitrogens with one attached hydrogen (secondary N) is 1. The second-order valence-corrected chi connectivity index (χ2v) is 8.17. The molecule has 28 heavy (non-hydrogen) atoms. The standard InChI is InChI=1S/C22H22BrN3O2/c1-12(13-3-4-13)26-21-16-7-5-14(9-19(16)25-11-18(21)22(24)27)17-10-15(23)6-8-20(17)28-2/h5-13H,3-4H2,1-2H3,(H2,24,27)(H,25,26). The Labute approximate surface area is 172 Å². The van der Waals surface area contributed by atoms with E-state index in [4.69, 9.17) is 10.5 Å². The molecule has 2 aromatic carbocycles. The van der Waals surface area contributed by atoms with E-state index < -0.39 is 5.91 Å². The fraction of sp³-hybridized carbons (Fsp3) is 0.273. The third kappa shape index (κ3) is 3.56. The molecule has 1 fully saturated rings. The first kappa shape index (κ1) is 18.7. The van der Waals surface area contributed by atoms with Gasteiger partial charge in [0.2, 0.25) is 0 Å². The SMILES string of the molecule is COc1ccc(Br)cc1-c1ccc2c(NC(C)C3CC3)c(C(N)=O)cnc2c1. The second kappa shape index (κ2) is 7.43. The molecule has 5 nitrogen and oxygen atoms in total. The average molecular weight is 440 g/mol. The topological polar surface area (TPSA) is 77.2 Å². The van der Waals surface area contributed by atoms with Crippen molar-refractivity contribution in [2.24, 2.45) is 11.7 Å². The van der Waals surface area contributed by atoms with E-state index in [-0.39, 0.29) is 6.04 Å². The molecule has 1 aliphatic carbocycles. The minimum atomic E-state index is -0.474. The van der Waals surface area contributed by atoms with Crippen molar-refractivity contribution < 1.29 is 9.53 Å². The number of halogens is 1. The fourth-order valence-electron chi connectivity index (χ4n) is 3.55. The van der Waals surface area contributed by atoms with Crippen LogP contribution < -0.4 is 15.8 Å². The number of amides is 1. The molecule has 1 atom stereocenters. The van der Waals surface area contributed by atoms with Crippen LogP contribution in [0.4, 0.5) is 5.69 Å². The summed E-state index contributed by atoms with van der Waals surface area (Å²) >= 11 is 3.52. The van der Waals surface area contributed by atoms with Gasteiger partial charge >= 0.3 is 0 Å². The van der Waals surface area contributed by atoms with Crippen molar-refractivity contribution >= 4 is 38.4 Å². The van der Waals surface area contributed by atoms with E-state index in [1.54, 1.807) is 13.3 Å². The van der Waals surface area contributed by atoms with Gasteiger partial charge in [0.25, 0.3) is 5.91 Å². The smallest absolute Gasteiger partial charge is 0.252 e. The molecule has 0 spiro atoms. The highest BCUT2D eigenvalue weighted by molar-refractivity contribution is 9.10. The lowest BCUT2D eigenvalue weighted by Gasteiger charge is -2.19. The van der Waals surface area contributed by atoms with Gasteiger partial charge in [-0.3, -0.25) is 9.78 Å². The molecule has 3 N–H and O–H groups in total. The Morgan fingerprint density at radius 2 is 2.07 bits per heavy atom. The molecule has 0 aliphatic heterocycles. The van der Waals surface area contributed by atoms with Crippen LogP contribution in [0, 0.1) is 5.92 Å². The Hall–Kier alpha value is -2.60. The van der Waals surface area contributed by atoms with Gasteiger partial charge in [-0.05, 0) is 55.5 Å². The molecule has 0 bridgehead atoms. The zero-order valence-corrected chi connectivity index (χ0v) is 17.4. The first-order valence-corrected chi connectivity index (χ1v) is 10.1. The zero-order valence-electron chi connectivity index (χ0n) is 15.8. The van der Waals surface area contributed by atoms with Crippen molar-refractivity contribution in [3.8, 4) is 16.9 Å². The molecule has 0 saturated heterocycles. The predicted molar refractivity (Wildman–Crippen MR) is 116 cm³/mol. The zero-order chi connectivity index (χ0) is 19.8. The number of nitrogens with two attached hydrogens (primary N) is 1. The number of fused-ring (bicyclic) bond motifs is 1. The quantitative estimate of drug-likeness (QED) is 0.567. The summed E-state index contributed by atoms with van der Waals surface area (Å²) in [5, 5.41) is 4.40. The van der Waals surface area contributed by atoms with Crippen LogP contribution in [0.2, 0.25) is 0 Å². The Morgan fingerprint density at radius 1 is 1.29 bits per heavy atom. The summed E-state index contributed by atoms with van der Waals surface area (Å²) in [6.45, 7) is 2.15. The van der Waals surface area contributed by atoms with Gasteiger partial charge < -0.3 is 15.8 Å². The van der Waals surface area contributed by atoms with Gasteiger partial charge in [0.05, 0.1) is 23.9 Å². The van der Waals surface area contributed by atoms with Crippen LogP contribution in [0.3, 0.4) is 0 Å². The molecule has 1 saturated carbocycles. The lowest BCUT2D eigenvalue weighted by molar-refractivity contribution is 0.100. The lowest BCUT2D eigenvalue weighted by Crippen LogP contribution is -2.22.